The number of hydrogen-bond acceptors (Lipinski definition) is 5. The van der Waals surface area contributed by atoms with E-state index in [-0.39, 0.29) is 34.3 Å². The van der Waals surface area contributed by atoms with Crippen molar-refractivity contribution in [2.75, 3.05) is 24.6 Å². The number of fused-ring (bicyclic) bond motifs is 4. The van der Waals surface area contributed by atoms with Crippen molar-refractivity contribution in [1.29, 1.82) is 0 Å². The van der Waals surface area contributed by atoms with Gasteiger partial charge >= 0.3 is 0 Å². The first-order valence-electron chi connectivity index (χ1n) is 15.3. The maximum absolute atomic E-state index is 13.7. The zero-order valence-electron chi connectivity index (χ0n) is 24.9. The van der Waals surface area contributed by atoms with E-state index < -0.39 is 15.8 Å². The molecule has 226 valence electrons. The normalized spacial score (nSPS) is 37.4. The summed E-state index contributed by atoms with van der Waals surface area (Å²) in [7, 11) is -2.94. The molecule has 1 amide bonds. The maximum Gasteiger partial charge on any atom is 0.262 e. The number of ether oxygens (including phenoxy) is 1. The SMILES string of the molecule is C=S1(=O)NC(=O)c2ccc3c(c2)N(C[C@@H]2CC[C@H]2[C@@H](O)/C=C/[C@H](C)[C@@H](C)[C@@H]1C)C[C@@]1(CCCc2cc(Cl)ccc21)CO3. The third-order valence-corrected chi connectivity index (χ3v) is 13.1. The topological polar surface area (TPSA) is 78.9 Å². The molecule has 2 N–H and O–H groups in total. The summed E-state index contributed by atoms with van der Waals surface area (Å²) >= 11 is 6.40. The molecule has 8 atom stereocenters. The van der Waals surface area contributed by atoms with Crippen LogP contribution in [0.1, 0.15) is 67.9 Å². The predicted molar refractivity (Wildman–Crippen MR) is 172 cm³/mol. The molecule has 2 heterocycles. The molecule has 2 bridgehead atoms. The average Bonchev–Trinajstić information content (AvgIpc) is 3.09. The van der Waals surface area contributed by atoms with Gasteiger partial charge in [0.25, 0.3) is 5.91 Å². The number of amides is 1. The van der Waals surface area contributed by atoms with Crippen LogP contribution in [0.3, 0.4) is 0 Å². The lowest BCUT2D eigenvalue weighted by Gasteiger charge is -2.45. The van der Waals surface area contributed by atoms with Crippen molar-refractivity contribution < 1.29 is 18.8 Å². The summed E-state index contributed by atoms with van der Waals surface area (Å²) < 4.78 is 23.1. The minimum atomic E-state index is -2.94. The largest absolute Gasteiger partial charge is 0.490 e. The van der Waals surface area contributed by atoms with Crippen LogP contribution in [0.5, 0.6) is 5.75 Å². The summed E-state index contributed by atoms with van der Waals surface area (Å²) in [6, 6.07) is 11.8. The number of aliphatic hydroxyl groups excluding tert-OH is 1. The van der Waals surface area contributed by atoms with E-state index in [2.05, 4.69) is 34.5 Å². The average molecular weight is 611 g/mol. The van der Waals surface area contributed by atoms with Gasteiger partial charge < -0.3 is 14.7 Å². The number of aliphatic hydroxyl groups is 1. The van der Waals surface area contributed by atoms with Gasteiger partial charge in [-0.2, -0.15) is 0 Å². The summed E-state index contributed by atoms with van der Waals surface area (Å²) in [6.45, 7) is 8.02. The lowest BCUT2D eigenvalue weighted by molar-refractivity contribution is 0.0454. The van der Waals surface area contributed by atoms with Crippen LogP contribution in [0.25, 0.3) is 0 Å². The van der Waals surface area contributed by atoms with Crippen LogP contribution >= 0.6 is 11.6 Å². The highest BCUT2D eigenvalue weighted by atomic mass is 35.5. The first kappa shape index (κ1) is 29.6. The fourth-order valence-electron chi connectivity index (χ4n) is 7.50. The number of anilines is 1. The Morgan fingerprint density at radius 1 is 1.14 bits per heavy atom. The Morgan fingerprint density at radius 3 is 2.71 bits per heavy atom. The fourth-order valence-corrected chi connectivity index (χ4v) is 9.25. The van der Waals surface area contributed by atoms with E-state index in [9.17, 15) is 14.1 Å². The van der Waals surface area contributed by atoms with Crippen LogP contribution in [0, 0.1) is 23.7 Å². The minimum Gasteiger partial charge on any atom is -0.490 e. The van der Waals surface area contributed by atoms with Crippen LogP contribution in [0.15, 0.2) is 48.6 Å². The molecule has 42 heavy (non-hydrogen) atoms. The second-order valence-electron chi connectivity index (χ2n) is 13.2. The lowest BCUT2D eigenvalue weighted by atomic mass is 9.68. The number of carbonyl (C=O) groups is 1. The summed E-state index contributed by atoms with van der Waals surface area (Å²) in [6.07, 6.45) is 8.52. The molecule has 1 saturated carbocycles. The Morgan fingerprint density at radius 2 is 1.95 bits per heavy atom. The zero-order chi connectivity index (χ0) is 29.8. The highest BCUT2D eigenvalue weighted by Gasteiger charge is 2.44. The fraction of sp³-hybridized carbons (Fsp3) is 0.529. The van der Waals surface area contributed by atoms with Crippen molar-refractivity contribution in [1.82, 2.24) is 4.72 Å². The van der Waals surface area contributed by atoms with E-state index >= 15 is 0 Å². The van der Waals surface area contributed by atoms with Crippen molar-refractivity contribution in [2.24, 2.45) is 23.7 Å². The second-order valence-corrected chi connectivity index (χ2v) is 16.1. The molecular formula is C34H43ClN2O4S. The van der Waals surface area contributed by atoms with Gasteiger partial charge in [-0.15, -0.1) is 0 Å². The van der Waals surface area contributed by atoms with Gasteiger partial charge in [-0.3, -0.25) is 9.52 Å². The number of rotatable bonds is 0. The Labute approximate surface area is 255 Å². The molecule has 8 heteroatoms. The number of benzene rings is 2. The lowest BCUT2D eigenvalue weighted by Crippen LogP contribution is -2.49. The summed E-state index contributed by atoms with van der Waals surface area (Å²) in [5.74, 6) is 4.86. The molecule has 2 aliphatic heterocycles. The molecule has 1 unspecified atom stereocenters. The van der Waals surface area contributed by atoms with E-state index in [0.29, 0.717) is 18.1 Å². The Balaban J connectivity index is 1.43. The van der Waals surface area contributed by atoms with Crippen LogP contribution in [-0.4, -0.2) is 52.1 Å². The smallest absolute Gasteiger partial charge is 0.262 e. The number of hydrogen-bond donors (Lipinski definition) is 2. The van der Waals surface area contributed by atoms with E-state index in [4.69, 9.17) is 16.3 Å². The number of nitrogens with one attached hydrogen (secondary N) is 1. The van der Waals surface area contributed by atoms with Gasteiger partial charge in [-0.1, -0.05) is 43.7 Å². The molecule has 0 radical (unpaired) electrons. The highest BCUT2D eigenvalue weighted by Crippen LogP contribution is 2.46. The Hall–Kier alpha value is -2.48. The Kier molecular flexibility index (Phi) is 7.90. The first-order valence-corrected chi connectivity index (χ1v) is 17.5. The van der Waals surface area contributed by atoms with Crippen molar-refractivity contribution in [3.8, 4) is 5.75 Å². The van der Waals surface area contributed by atoms with Gasteiger partial charge in [0.1, 0.15) is 5.75 Å². The van der Waals surface area contributed by atoms with Gasteiger partial charge in [-0.25, -0.2) is 4.21 Å². The van der Waals surface area contributed by atoms with E-state index in [1.165, 1.54) is 11.1 Å². The van der Waals surface area contributed by atoms with Crippen molar-refractivity contribution >= 4 is 38.8 Å². The number of aryl methyl sites for hydroxylation is 1. The molecule has 0 saturated heterocycles. The number of nitrogens with zero attached hydrogens (tertiary/aromatic N) is 1. The van der Waals surface area contributed by atoms with Crippen LogP contribution in [0.2, 0.25) is 5.02 Å². The predicted octanol–water partition coefficient (Wildman–Crippen LogP) is 5.79. The van der Waals surface area contributed by atoms with Crippen LogP contribution in [-0.2, 0) is 21.5 Å². The summed E-state index contributed by atoms with van der Waals surface area (Å²) in [4.78, 5) is 15.9. The molecule has 6 rings (SSSR count). The first-order chi connectivity index (χ1) is 20.0. The van der Waals surface area contributed by atoms with E-state index in [1.54, 1.807) is 6.07 Å². The van der Waals surface area contributed by atoms with Gasteiger partial charge in [-0.05, 0) is 110 Å². The second kappa shape index (κ2) is 11.2. The molecule has 0 aromatic heterocycles. The maximum atomic E-state index is 13.7. The number of halogens is 1. The van der Waals surface area contributed by atoms with Gasteiger partial charge in [0.05, 0.1) is 28.1 Å². The standard InChI is InChI=1S/C34H43ClN2O4S/c1-21-7-13-31(38)28-11-8-26(28)18-37-19-34(15-5-6-24-16-27(35)10-12-29(24)34)20-41-32-14-9-25(17-30(32)37)33(39)36-42(4,40)23(3)22(21)2/h7,9-10,12-14,16-17,21-23,26,28,31,38H,4-6,8,11,15,18-20H2,1-3H3,(H,36,39,40)/b13-7+/t21-,22+,23-,26-,28+,31-,34-,42?/m0/s1. The minimum absolute atomic E-state index is 0.00998. The van der Waals surface area contributed by atoms with Crippen molar-refractivity contribution in [3.63, 3.8) is 0 Å². The van der Waals surface area contributed by atoms with Crippen molar-refractivity contribution in [2.45, 2.75) is 69.6 Å². The number of allylic oxidation sites excluding steroid dienone is 1. The molecule has 6 nitrogen and oxygen atoms in total. The van der Waals surface area contributed by atoms with Gasteiger partial charge in [0, 0.05) is 34.3 Å². The quantitative estimate of drug-likeness (QED) is 0.292. The monoisotopic (exact) mass is 610 g/mol. The molecule has 1 fully saturated rings. The van der Waals surface area contributed by atoms with Gasteiger partial charge in [0.15, 0.2) is 0 Å². The summed E-state index contributed by atoms with van der Waals surface area (Å²) in [5.41, 5.74) is 3.66. The molecule has 1 spiro atoms. The summed E-state index contributed by atoms with van der Waals surface area (Å²) in [5, 5.41) is 11.7. The third-order valence-electron chi connectivity index (χ3n) is 10.7. The van der Waals surface area contributed by atoms with E-state index in [0.717, 1.165) is 61.7 Å². The van der Waals surface area contributed by atoms with Crippen LogP contribution in [0.4, 0.5) is 5.69 Å². The molecule has 2 aliphatic carbocycles. The van der Waals surface area contributed by atoms with Crippen molar-refractivity contribution in [3.05, 3.63) is 70.3 Å². The third kappa shape index (κ3) is 5.37. The molecular weight excluding hydrogens is 568 g/mol. The van der Waals surface area contributed by atoms with Crippen LogP contribution < -0.4 is 14.4 Å². The van der Waals surface area contributed by atoms with E-state index in [1.807, 2.05) is 44.2 Å². The number of carbonyl (C=O) groups excluding carboxylic acids is 1. The highest BCUT2D eigenvalue weighted by molar-refractivity contribution is 7.99. The molecule has 4 aliphatic rings. The Bertz CT molecular complexity index is 1510. The van der Waals surface area contributed by atoms with Gasteiger partial charge in [0.2, 0.25) is 0 Å². The molecule has 2 aromatic carbocycles. The molecule has 2 aromatic rings. The zero-order valence-corrected chi connectivity index (χ0v) is 26.4.